The molecular formula is C12H16O2. The van der Waals surface area contributed by atoms with Gasteiger partial charge in [-0.05, 0) is 24.5 Å². The van der Waals surface area contributed by atoms with Gasteiger partial charge in [-0.1, -0.05) is 24.3 Å². The molecule has 2 heteroatoms. The van der Waals surface area contributed by atoms with Gasteiger partial charge in [-0.25, -0.2) is 0 Å². The molecule has 76 valence electrons. The zero-order valence-corrected chi connectivity index (χ0v) is 8.44. The first kappa shape index (κ1) is 9.69. The third kappa shape index (κ3) is 1.97. The lowest BCUT2D eigenvalue weighted by Crippen LogP contribution is -1.99. The van der Waals surface area contributed by atoms with E-state index in [-0.39, 0.29) is 6.10 Å². The molecular weight excluding hydrogens is 176 g/mol. The Hall–Kier alpha value is -0.860. The van der Waals surface area contributed by atoms with Crippen molar-refractivity contribution in [2.24, 2.45) is 0 Å². The number of hydrogen-bond acceptors (Lipinski definition) is 2. The summed E-state index contributed by atoms with van der Waals surface area (Å²) in [5.74, 6) is 0.522. The van der Waals surface area contributed by atoms with E-state index in [1.54, 1.807) is 6.92 Å². The van der Waals surface area contributed by atoms with Crippen LogP contribution in [-0.2, 0) is 4.74 Å². The van der Waals surface area contributed by atoms with Crippen LogP contribution in [0.1, 0.15) is 36.5 Å². The molecule has 1 N–H and O–H groups in total. The van der Waals surface area contributed by atoms with Crippen LogP contribution < -0.4 is 0 Å². The van der Waals surface area contributed by atoms with Crippen LogP contribution >= 0.6 is 0 Å². The Morgan fingerprint density at radius 1 is 1.50 bits per heavy atom. The monoisotopic (exact) mass is 192 g/mol. The van der Waals surface area contributed by atoms with Gasteiger partial charge in [-0.3, -0.25) is 0 Å². The minimum Gasteiger partial charge on any atom is -0.389 e. The van der Waals surface area contributed by atoms with Crippen LogP contribution in [0.4, 0.5) is 0 Å². The minimum absolute atomic E-state index is 0.378. The van der Waals surface area contributed by atoms with Crippen LogP contribution in [0.2, 0.25) is 0 Å². The van der Waals surface area contributed by atoms with Crippen molar-refractivity contribution in [1.29, 1.82) is 0 Å². The molecule has 0 bridgehead atoms. The molecule has 1 saturated heterocycles. The van der Waals surface area contributed by atoms with Gasteiger partial charge < -0.3 is 9.84 Å². The highest BCUT2D eigenvalue weighted by Gasteiger charge is 2.18. The fourth-order valence-electron chi connectivity index (χ4n) is 1.87. The first-order valence-corrected chi connectivity index (χ1v) is 5.13. The fraction of sp³-hybridized carbons (Fsp3) is 0.500. The van der Waals surface area contributed by atoms with Gasteiger partial charge in [0.1, 0.15) is 0 Å². The molecule has 0 amide bonds. The molecule has 1 aliphatic heterocycles. The predicted molar refractivity (Wildman–Crippen MR) is 55.3 cm³/mol. The Bertz CT molecular complexity index is 301. The van der Waals surface area contributed by atoms with Crippen LogP contribution in [-0.4, -0.2) is 18.3 Å². The minimum atomic E-state index is -0.378. The summed E-state index contributed by atoms with van der Waals surface area (Å²) in [6, 6.07) is 8.18. The third-order valence-electron chi connectivity index (χ3n) is 2.79. The Morgan fingerprint density at radius 3 is 3.00 bits per heavy atom. The first-order valence-electron chi connectivity index (χ1n) is 5.13. The second kappa shape index (κ2) is 4.11. The second-order valence-corrected chi connectivity index (χ2v) is 3.91. The van der Waals surface area contributed by atoms with Gasteiger partial charge >= 0.3 is 0 Å². The molecule has 0 spiro atoms. The number of rotatable bonds is 2. The molecule has 14 heavy (non-hydrogen) atoms. The maximum Gasteiger partial charge on any atom is 0.0762 e. The summed E-state index contributed by atoms with van der Waals surface area (Å²) in [6.07, 6.45) is 0.723. The number of hydrogen-bond donors (Lipinski definition) is 1. The zero-order valence-electron chi connectivity index (χ0n) is 8.44. The summed E-state index contributed by atoms with van der Waals surface area (Å²) in [5.41, 5.74) is 2.29. The van der Waals surface area contributed by atoms with Crippen LogP contribution in [0.15, 0.2) is 24.3 Å². The van der Waals surface area contributed by atoms with Crippen LogP contribution in [0.5, 0.6) is 0 Å². The van der Waals surface area contributed by atoms with Crippen molar-refractivity contribution in [2.75, 3.05) is 13.2 Å². The largest absolute Gasteiger partial charge is 0.389 e. The summed E-state index contributed by atoms with van der Waals surface area (Å²) in [4.78, 5) is 0. The van der Waals surface area contributed by atoms with Crippen LogP contribution in [0.25, 0.3) is 0 Å². The first-order chi connectivity index (χ1) is 6.77. The molecule has 1 fully saturated rings. The molecule has 0 aromatic heterocycles. The lowest BCUT2D eigenvalue weighted by Gasteiger charge is -2.11. The summed E-state index contributed by atoms with van der Waals surface area (Å²) in [6.45, 7) is 3.48. The Balaban J connectivity index is 2.21. The maximum absolute atomic E-state index is 9.46. The summed E-state index contributed by atoms with van der Waals surface area (Å²) < 4.78 is 5.35. The van der Waals surface area contributed by atoms with E-state index in [2.05, 4.69) is 12.1 Å². The molecule has 1 aliphatic rings. The van der Waals surface area contributed by atoms with E-state index in [9.17, 15) is 5.11 Å². The van der Waals surface area contributed by atoms with Gasteiger partial charge in [-0.2, -0.15) is 0 Å². The topological polar surface area (TPSA) is 29.5 Å². The fourth-order valence-corrected chi connectivity index (χ4v) is 1.87. The van der Waals surface area contributed by atoms with Gasteiger partial charge in [0, 0.05) is 12.5 Å². The average molecular weight is 192 g/mol. The molecule has 0 saturated carbocycles. The Kier molecular flexibility index (Phi) is 2.85. The van der Waals surface area contributed by atoms with Crippen molar-refractivity contribution in [1.82, 2.24) is 0 Å². The summed E-state index contributed by atoms with van der Waals surface area (Å²) in [7, 11) is 0. The Morgan fingerprint density at radius 2 is 2.36 bits per heavy atom. The Labute approximate surface area is 84.5 Å². The molecule has 2 unspecified atom stereocenters. The van der Waals surface area contributed by atoms with Gasteiger partial charge in [-0.15, -0.1) is 0 Å². The van der Waals surface area contributed by atoms with Crippen LogP contribution in [0.3, 0.4) is 0 Å². The lowest BCUT2D eigenvalue weighted by atomic mass is 9.96. The predicted octanol–water partition coefficient (Wildman–Crippen LogP) is 2.24. The van der Waals surface area contributed by atoms with Crippen molar-refractivity contribution in [3.8, 4) is 0 Å². The van der Waals surface area contributed by atoms with E-state index in [1.807, 2.05) is 12.1 Å². The number of aliphatic hydroxyl groups excluding tert-OH is 1. The summed E-state index contributed by atoms with van der Waals surface area (Å²) in [5, 5.41) is 9.46. The van der Waals surface area contributed by atoms with Crippen LogP contribution in [0, 0.1) is 0 Å². The highest BCUT2D eigenvalue weighted by Crippen LogP contribution is 2.26. The smallest absolute Gasteiger partial charge is 0.0762 e. The molecule has 2 rings (SSSR count). The third-order valence-corrected chi connectivity index (χ3v) is 2.79. The molecule has 1 aromatic rings. The molecule has 2 nitrogen and oxygen atoms in total. The van der Waals surface area contributed by atoms with E-state index in [1.165, 1.54) is 5.56 Å². The van der Waals surface area contributed by atoms with E-state index in [0.29, 0.717) is 5.92 Å². The van der Waals surface area contributed by atoms with Crippen molar-refractivity contribution in [3.63, 3.8) is 0 Å². The molecule has 0 aliphatic carbocycles. The van der Waals surface area contributed by atoms with E-state index in [0.717, 1.165) is 25.2 Å². The van der Waals surface area contributed by atoms with Crippen molar-refractivity contribution >= 4 is 0 Å². The van der Waals surface area contributed by atoms with Gasteiger partial charge in [0.05, 0.1) is 12.7 Å². The standard InChI is InChI=1S/C12H16O2/c1-9(13)10-3-2-4-11(7-10)12-5-6-14-8-12/h2-4,7,9,12-13H,5-6,8H2,1H3. The maximum atomic E-state index is 9.46. The number of aliphatic hydroxyl groups is 1. The lowest BCUT2D eigenvalue weighted by molar-refractivity contribution is 0.193. The van der Waals surface area contributed by atoms with Crippen molar-refractivity contribution in [2.45, 2.75) is 25.4 Å². The second-order valence-electron chi connectivity index (χ2n) is 3.91. The SMILES string of the molecule is CC(O)c1cccc(C2CCOC2)c1. The molecule has 0 radical (unpaired) electrons. The van der Waals surface area contributed by atoms with Gasteiger partial charge in [0.2, 0.25) is 0 Å². The van der Waals surface area contributed by atoms with E-state index >= 15 is 0 Å². The number of ether oxygens (including phenoxy) is 1. The zero-order chi connectivity index (χ0) is 9.97. The quantitative estimate of drug-likeness (QED) is 0.778. The van der Waals surface area contributed by atoms with Gasteiger partial charge in [0.25, 0.3) is 0 Å². The van der Waals surface area contributed by atoms with E-state index < -0.39 is 0 Å². The van der Waals surface area contributed by atoms with Crippen molar-refractivity contribution in [3.05, 3.63) is 35.4 Å². The normalized spacial score (nSPS) is 23.7. The highest BCUT2D eigenvalue weighted by atomic mass is 16.5. The molecule has 2 atom stereocenters. The van der Waals surface area contributed by atoms with Crippen molar-refractivity contribution < 1.29 is 9.84 Å². The molecule has 1 heterocycles. The van der Waals surface area contributed by atoms with E-state index in [4.69, 9.17) is 4.74 Å². The summed E-state index contributed by atoms with van der Waals surface area (Å²) >= 11 is 0. The molecule has 1 aromatic carbocycles. The number of benzene rings is 1. The van der Waals surface area contributed by atoms with Gasteiger partial charge in [0.15, 0.2) is 0 Å². The highest BCUT2D eigenvalue weighted by molar-refractivity contribution is 5.28. The average Bonchev–Trinajstić information content (AvgIpc) is 2.71.